The lowest BCUT2D eigenvalue weighted by Crippen LogP contribution is -2.01. The number of hydrogen-bond acceptors (Lipinski definition) is 6. The molecule has 5 nitrogen and oxygen atoms in total. The Bertz CT molecular complexity index is 501. The number of aromatic nitrogens is 2. The normalized spacial score (nSPS) is 10.6. The fraction of sp³-hybridized carbons (Fsp3) is 0.385. The Morgan fingerprint density at radius 3 is 2.95 bits per heavy atom. The van der Waals surface area contributed by atoms with Gasteiger partial charge in [-0.3, -0.25) is 4.98 Å². The molecule has 2 aromatic rings. The van der Waals surface area contributed by atoms with Gasteiger partial charge in [0.15, 0.2) is 0 Å². The van der Waals surface area contributed by atoms with Crippen LogP contribution in [0.3, 0.4) is 0 Å². The lowest BCUT2D eigenvalue weighted by atomic mass is 10.1. The van der Waals surface area contributed by atoms with Crippen molar-refractivity contribution in [2.24, 2.45) is 0 Å². The van der Waals surface area contributed by atoms with E-state index in [2.05, 4.69) is 14.7 Å². The Morgan fingerprint density at radius 1 is 1.32 bits per heavy atom. The van der Waals surface area contributed by atoms with Crippen LogP contribution in [0.4, 0.5) is 10.8 Å². The van der Waals surface area contributed by atoms with E-state index >= 15 is 0 Å². The summed E-state index contributed by atoms with van der Waals surface area (Å²) in [7, 11) is 0. The van der Waals surface area contributed by atoms with Gasteiger partial charge in [0.05, 0.1) is 5.56 Å². The second kappa shape index (κ2) is 7.06. The molecule has 4 N–H and O–H groups in total. The summed E-state index contributed by atoms with van der Waals surface area (Å²) in [6, 6.07) is 3.86. The number of hydrogen-bond donors (Lipinski definition) is 3. The van der Waals surface area contributed by atoms with Gasteiger partial charge in [0.2, 0.25) is 0 Å². The third kappa shape index (κ3) is 3.65. The number of anilines is 2. The molecule has 6 heteroatoms. The van der Waals surface area contributed by atoms with E-state index in [0.717, 1.165) is 41.9 Å². The molecule has 19 heavy (non-hydrogen) atoms. The number of aliphatic hydroxyl groups is 1. The van der Waals surface area contributed by atoms with E-state index in [0.29, 0.717) is 5.82 Å². The molecule has 0 saturated heterocycles. The van der Waals surface area contributed by atoms with Crippen LogP contribution in [0.5, 0.6) is 0 Å². The van der Waals surface area contributed by atoms with Crippen LogP contribution in [-0.2, 0) is 0 Å². The van der Waals surface area contributed by atoms with Gasteiger partial charge in [-0.2, -0.15) is 4.37 Å². The molecule has 0 spiro atoms. The monoisotopic (exact) mass is 278 g/mol. The molecule has 0 aliphatic rings. The minimum absolute atomic E-state index is 0.258. The fourth-order valence-electron chi connectivity index (χ4n) is 1.83. The van der Waals surface area contributed by atoms with E-state index in [9.17, 15) is 0 Å². The van der Waals surface area contributed by atoms with Gasteiger partial charge >= 0.3 is 0 Å². The highest BCUT2D eigenvalue weighted by molar-refractivity contribution is 7.11. The van der Waals surface area contributed by atoms with Crippen molar-refractivity contribution in [1.82, 2.24) is 9.36 Å². The maximum Gasteiger partial charge on any atom is 0.147 e. The van der Waals surface area contributed by atoms with Crippen molar-refractivity contribution in [3.63, 3.8) is 0 Å². The van der Waals surface area contributed by atoms with Crippen LogP contribution < -0.4 is 11.1 Å². The molecule has 0 unspecified atom stereocenters. The van der Waals surface area contributed by atoms with E-state index in [4.69, 9.17) is 10.8 Å². The first-order valence-corrected chi connectivity index (χ1v) is 7.10. The first kappa shape index (κ1) is 13.8. The van der Waals surface area contributed by atoms with Crippen LogP contribution in [0.1, 0.15) is 19.3 Å². The van der Waals surface area contributed by atoms with Gasteiger partial charge in [0.25, 0.3) is 0 Å². The van der Waals surface area contributed by atoms with E-state index in [1.54, 1.807) is 12.4 Å². The SMILES string of the molecule is Nc1nsc(NCCCCCO)c1-c1cccnc1. The number of nitrogens with two attached hydrogens (primary N) is 1. The molecule has 0 aliphatic heterocycles. The number of unbranched alkanes of at least 4 members (excludes halogenated alkanes) is 2. The lowest BCUT2D eigenvalue weighted by Gasteiger charge is -2.06. The zero-order valence-corrected chi connectivity index (χ0v) is 11.5. The van der Waals surface area contributed by atoms with Gasteiger partial charge in [0, 0.05) is 31.1 Å². The Labute approximate surface area is 116 Å². The fourth-order valence-corrected chi connectivity index (χ4v) is 2.59. The highest BCUT2D eigenvalue weighted by Gasteiger charge is 2.13. The van der Waals surface area contributed by atoms with Crippen LogP contribution in [-0.4, -0.2) is 27.6 Å². The molecule has 0 aliphatic carbocycles. The lowest BCUT2D eigenvalue weighted by molar-refractivity contribution is 0.283. The number of nitrogen functional groups attached to an aromatic ring is 1. The van der Waals surface area contributed by atoms with Crippen LogP contribution >= 0.6 is 11.5 Å². The van der Waals surface area contributed by atoms with E-state index in [1.165, 1.54) is 11.5 Å². The quantitative estimate of drug-likeness (QED) is 0.677. The van der Waals surface area contributed by atoms with Crippen molar-refractivity contribution >= 4 is 22.4 Å². The van der Waals surface area contributed by atoms with Gasteiger partial charge < -0.3 is 16.2 Å². The van der Waals surface area contributed by atoms with Gasteiger partial charge in [-0.05, 0) is 36.9 Å². The largest absolute Gasteiger partial charge is 0.396 e. The third-order valence-corrected chi connectivity index (χ3v) is 3.61. The maximum atomic E-state index is 8.73. The Morgan fingerprint density at radius 2 is 2.21 bits per heavy atom. The highest BCUT2D eigenvalue weighted by Crippen LogP contribution is 2.36. The summed E-state index contributed by atoms with van der Waals surface area (Å²) in [5.74, 6) is 0.538. The second-order valence-corrected chi connectivity index (χ2v) is 5.00. The predicted octanol–water partition coefficient (Wildman–Crippen LogP) is 2.36. The van der Waals surface area contributed by atoms with Crippen LogP contribution in [0.25, 0.3) is 11.1 Å². The highest BCUT2D eigenvalue weighted by atomic mass is 32.1. The molecule has 0 atom stereocenters. The second-order valence-electron chi connectivity index (χ2n) is 4.22. The zero-order chi connectivity index (χ0) is 13.5. The third-order valence-electron chi connectivity index (χ3n) is 2.79. The Balaban J connectivity index is 2.02. The molecular weight excluding hydrogens is 260 g/mol. The number of rotatable bonds is 7. The minimum Gasteiger partial charge on any atom is -0.396 e. The molecule has 0 bridgehead atoms. The first-order valence-electron chi connectivity index (χ1n) is 6.33. The van der Waals surface area contributed by atoms with Crippen molar-refractivity contribution in [3.05, 3.63) is 24.5 Å². The molecule has 0 radical (unpaired) electrons. The van der Waals surface area contributed by atoms with Crippen LogP contribution in [0.2, 0.25) is 0 Å². The smallest absolute Gasteiger partial charge is 0.147 e. The molecule has 0 aromatic carbocycles. The Kier molecular flexibility index (Phi) is 5.11. The number of nitrogens with one attached hydrogen (secondary N) is 1. The van der Waals surface area contributed by atoms with E-state index < -0.39 is 0 Å². The minimum atomic E-state index is 0.258. The summed E-state index contributed by atoms with van der Waals surface area (Å²) in [4.78, 5) is 4.11. The van der Waals surface area contributed by atoms with Crippen LogP contribution in [0, 0.1) is 0 Å². The molecule has 2 rings (SSSR count). The molecule has 0 fully saturated rings. The molecule has 0 amide bonds. The van der Waals surface area contributed by atoms with Gasteiger partial charge in [-0.25, -0.2) is 0 Å². The summed E-state index contributed by atoms with van der Waals surface area (Å²) in [5.41, 5.74) is 7.83. The number of aliphatic hydroxyl groups excluding tert-OH is 1. The molecule has 102 valence electrons. The average molecular weight is 278 g/mol. The van der Waals surface area contributed by atoms with Gasteiger partial charge in [0.1, 0.15) is 10.8 Å². The first-order chi connectivity index (χ1) is 9.33. The maximum absolute atomic E-state index is 8.73. The summed E-state index contributed by atoms with van der Waals surface area (Å²) in [5, 5.41) is 13.1. The summed E-state index contributed by atoms with van der Waals surface area (Å²) < 4.78 is 4.20. The topological polar surface area (TPSA) is 84.1 Å². The average Bonchev–Trinajstić information content (AvgIpc) is 2.81. The summed E-state index contributed by atoms with van der Waals surface area (Å²) >= 11 is 1.37. The number of nitrogens with zero attached hydrogens (tertiary/aromatic N) is 2. The standard InChI is InChI=1S/C13H18N4OS/c14-12-11(10-5-4-6-15-9-10)13(19-17-12)16-7-2-1-3-8-18/h4-6,9,16,18H,1-3,7-8H2,(H2,14,17). The summed E-state index contributed by atoms with van der Waals surface area (Å²) in [6.07, 6.45) is 6.41. The van der Waals surface area contributed by atoms with Gasteiger partial charge in [-0.15, -0.1) is 0 Å². The van der Waals surface area contributed by atoms with Gasteiger partial charge in [-0.1, -0.05) is 6.07 Å². The number of pyridine rings is 1. The summed E-state index contributed by atoms with van der Waals surface area (Å²) in [6.45, 7) is 1.11. The van der Waals surface area contributed by atoms with E-state index in [1.807, 2.05) is 12.1 Å². The van der Waals surface area contributed by atoms with Crippen molar-refractivity contribution in [2.75, 3.05) is 24.2 Å². The van der Waals surface area contributed by atoms with Crippen molar-refractivity contribution in [1.29, 1.82) is 0 Å². The van der Waals surface area contributed by atoms with Crippen molar-refractivity contribution in [3.8, 4) is 11.1 Å². The molecular formula is C13H18N4OS. The zero-order valence-electron chi connectivity index (χ0n) is 10.7. The van der Waals surface area contributed by atoms with Crippen molar-refractivity contribution < 1.29 is 5.11 Å². The van der Waals surface area contributed by atoms with E-state index in [-0.39, 0.29) is 6.61 Å². The molecule has 2 heterocycles. The molecule has 0 saturated carbocycles. The Hall–Kier alpha value is -1.66. The van der Waals surface area contributed by atoms with Crippen molar-refractivity contribution in [2.45, 2.75) is 19.3 Å². The van der Waals surface area contributed by atoms with Crippen LogP contribution in [0.15, 0.2) is 24.5 Å². The molecule has 2 aromatic heterocycles. The predicted molar refractivity (Wildman–Crippen MR) is 79.2 cm³/mol.